The number of halogens is 1. The zero-order valence-electron chi connectivity index (χ0n) is 10.6. The monoisotopic (exact) mass is 265 g/mol. The summed E-state index contributed by atoms with van der Waals surface area (Å²) in [5, 5.41) is 0. The zero-order valence-corrected chi connectivity index (χ0v) is 10.6. The van der Waals surface area contributed by atoms with E-state index < -0.39 is 5.97 Å². The van der Waals surface area contributed by atoms with E-state index in [4.69, 9.17) is 4.74 Å². The van der Waals surface area contributed by atoms with E-state index in [-0.39, 0.29) is 24.8 Å². The highest BCUT2D eigenvalue weighted by Gasteiger charge is 2.19. The summed E-state index contributed by atoms with van der Waals surface area (Å²) < 4.78 is 17.6. The molecule has 0 unspecified atom stereocenters. The van der Waals surface area contributed by atoms with Gasteiger partial charge in [0.15, 0.2) is 6.61 Å². The molecule has 0 atom stereocenters. The van der Waals surface area contributed by atoms with Crippen LogP contribution in [0.1, 0.15) is 18.4 Å². The van der Waals surface area contributed by atoms with Crippen molar-refractivity contribution in [3.05, 3.63) is 35.6 Å². The number of esters is 1. The lowest BCUT2D eigenvalue weighted by Gasteiger charge is -2.14. The Morgan fingerprint density at radius 3 is 2.42 bits per heavy atom. The van der Waals surface area contributed by atoms with Crippen LogP contribution in [0.5, 0.6) is 0 Å². The summed E-state index contributed by atoms with van der Waals surface area (Å²) in [5.41, 5.74) is 0.667. The lowest BCUT2D eigenvalue weighted by Crippen LogP contribution is -2.32. The molecule has 102 valence electrons. The van der Waals surface area contributed by atoms with Gasteiger partial charge in [0, 0.05) is 13.1 Å². The minimum atomic E-state index is -0.473. The minimum absolute atomic E-state index is 0.0492. The van der Waals surface area contributed by atoms with Crippen LogP contribution in [0.4, 0.5) is 4.39 Å². The lowest BCUT2D eigenvalue weighted by molar-refractivity contribution is -0.151. The van der Waals surface area contributed by atoms with Gasteiger partial charge in [0.05, 0.1) is 6.42 Å². The Balaban J connectivity index is 1.75. The van der Waals surface area contributed by atoms with Crippen LogP contribution in [-0.4, -0.2) is 36.5 Å². The molecule has 2 rings (SSSR count). The summed E-state index contributed by atoms with van der Waals surface area (Å²) in [6, 6.07) is 5.63. The van der Waals surface area contributed by atoms with Crippen LogP contribution in [0.25, 0.3) is 0 Å². The van der Waals surface area contributed by atoms with Crippen LogP contribution in [0.2, 0.25) is 0 Å². The molecule has 1 aliphatic heterocycles. The van der Waals surface area contributed by atoms with Crippen molar-refractivity contribution in [2.75, 3.05) is 19.7 Å². The van der Waals surface area contributed by atoms with Crippen molar-refractivity contribution >= 4 is 11.9 Å². The number of amides is 1. The molecule has 0 saturated carbocycles. The SMILES string of the molecule is O=C(Cc1ccc(F)cc1)OCC(=O)N1CCCC1. The highest BCUT2D eigenvalue weighted by atomic mass is 19.1. The molecule has 5 heteroatoms. The first kappa shape index (κ1) is 13.5. The summed E-state index contributed by atoms with van der Waals surface area (Å²) in [6.07, 6.45) is 2.07. The van der Waals surface area contributed by atoms with Crippen LogP contribution >= 0.6 is 0 Å². The van der Waals surface area contributed by atoms with Gasteiger partial charge in [-0.15, -0.1) is 0 Å². The van der Waals surface area contributed by atoms with Crippen molar-refractivity contribution in [2.24, 2.45) is 0 Å². The number of hydrogen-bond acceptors (Lipinski definition) is 3. The van der Waals surface area contributed by atoms with Gasteiger partial charge in [0.1, 0.15) is 5.82 Å². The predicted octanol–water partition coefficient (Wildman–Crippen LogP) is 1.53. The molecule has 1 aromatic rings. The fourth-order valence-corrected chi connectivity index (χ4v) is 2.02. The van der Waals surface area contributed by atoms with Gasteiger partial charge in [-0.25, -0.2) is 4.39 Å². The first-order valence-electron chi connectivity index (χ1n) is 6.33. The minimum Gasteiger partial charge on any atom is -0.455 e. The van der Waals surface area contributed by atoms with E-state index in [1.165, 1.54) is 24.3 Å². The van der Waals surface area contributed by atoms with E-state index in [0.29, 0.717) is 5.56 Å². The smallest absolute Gasteiger partial charge is 0.310 e. The Labute approximate surface area is 111 Å². The maximum atomic E-state index is 12.7. The summed E-state index contributed by atoms with van der Waals surface area (Å²) in [7, 11) is 0. The quantitative estimate of drug-likeness (QED) is 0.776. The Hall–Kier alpha value is -1.91. The average molecular weight is 265 g/mol. The second kappa shape index (κ2) is 6.31. The number of likely N-dealkylation sites (tertiary alicyclic amines) is 1. The molecule has 1 aliphatic rings. The Bertz CT molecular complexity index is 452. The first-order valence-corrected chi connectivity index (χ1v) is 6.33. The van der Waals surface area contributed by atoms with Gasteiger partial charge in [-0.2, -0.15) is 0 Å². The van der Waals surface area contributed by atoms with Crippen molar-refractivity contribution in [3.8, 4) is 0 Å². The normalized spacial score (nSPS) is 14.5. The molecule has 1 saturated heterocycles. The highest BCUT2D eigenvalue weighted by Crippen LogP contribution is 2.08. The number of carbonyl (C=O) groups is 2. The van der Waals surface area contributed by atoms with Crippen molar-refractivity contribution in [1.29, 1.82) is 0 Å². The molecule has 1 fully saturated rings. The van der Waals surface area contributed by atoms with Gasteiger partial charge in [0.25, 0.3) is 5.91 Å². The molecule has 4 nitrogen and oxygen atoms in total. The average Bonchev–Trinajstić information content (AvgIpc) is 2.93. The van der Waals surface area contributed by atoms with Gasteiger partial charge < -0.3 is 9.64 Å². The maximum absolute atomic E-state index is 12.7. The lowest BCUT2D eigenvalue weighted by atomic mass is 10.1. The van der Waals surface area contributed by atoms with Crippen LogP contribution in [0, 0.1) is 5.82 Å². The number of rotatable bonds is 4. The van der Waals surface area contributed by atoms with Gasteiger partial charge in [-0.05, 0) is 30.5 Å². The fraction of sp³-hybridized carbons (Fsp3) is 0.429. The second-order valence-electron chi connectivity index (χ2n) is 4.55. The number of carbonyl (C=O) groups excluding carboxylic acids is 2. The number of benzene rings is 1. The third-order valence-electron chi connectivity index (χ3n) is 3.08. The molecule has 1 amide bonds. The molecule has 1 heterocycles. The third-order valence-corrected chi connectivity index (χ3v) is 3.08. The van der Waals surface area contributed by atoms with Crippen LogP contribution in [0.15, 0.2) is 24.3 Å². The molecule has 0 aromatic heterocycles. The van der Waals surface area contributed by atoms with E-state index in [1.54, 1.807) is 4.90 Å². The van der Waals surface area contributed by atoms with E-state index in [2.05, 4.69) is 0 Å². The van der Waals surface area contributed by atoms with E-state index in [9.17, 15) is 14.0 Å². The van der Waals surface area contributed by atoms with Crippen LogP contribution in [0.3, 0.4) is 0 Å². The summed E-state index contributed by atoms with van der Waals surface area (Å²) in [6.45, 7) is 1.28. The third kappa shape index (κ3) is 4.05. The maximum Gasteiger partial charge on any atom is 0.310 e. The standard InChI is InChI=1S/C14H16FNO3/c15-12-5-3-11(4-6-12)9-14(18)19-10-13(17)16-7-1-2-8-16/h3-6H,1-2,7-10H2. The Morgan fingerprint density at radius 2 is 1.79 bits per heavy atom. The molecule has 0 spiro atoms. The second-order valence-corrected chi connectivity index (χ2v) is 4.55. The molecule has 0 N–H and O–H groups in total. The summed E-state index contributed by atoms with van der Waals surface area (Å²) >= 11 is 0. The van der Waals surface area contributed by atoms with E-state index in [1.807, 2.05) is 0 Å². The molecule has 0 radical (unpaired) electrons. The molecular formula is C14H16FNO3. The van der Waals surface area contributed by atoms with Crippen LogP contribution in [-0.2, 0) is 20.7 Å². The first-order chi connectivity index (χ1) is 9.15. The number of hydrogen-bond donors (Lipinski definition) is 0. The van der Waals surface area contributed by atoms with Crippen molar-refractivity contribution in [2.45, 2.75) is 19.3 Å². The summed E-state index contributed by atoms with van der Waals surface area (Å²) in [4.78, 5) is 24.9. The molecule has 1 aromatic carbocycles. The molecule has 19 heavy (non-hydrogen) atoms. The van der Waals surface area contributed by atoms with Gasteiger partial charge >= 0.3 is 5.97 Å². The Kier molecular flexibility index (Phi) is 4.49. The largest absolute Gasteiger partial charge is 0.455 e. The highest BCUT2D eigenvalue weighted by molar-refractivity contribution is 5.81. The predicted molar refractivity (Wildman–Crippen MR) is 66.9 cm³/mol. The molecule has 0 aliphatic carbocycles. The van der Waals surface area contributed by atoms with Crippen molar-refractivity contribution < 1.29 is 18.7 Å². The van der Waals surface area contributed by atoms with Crippen molar-refractivity contribution in [3.63, 3.8) is 0 Å². The Morgan fingerprint density at radius 1 is 1.16 bits per heavy atom. The summed E-state index contributed by atoms with van der Waals surface area (Å²) in [5.74, 6) is -0.967. The van der Waals surface area contributed by atoms with Gasteiger partial charge in [0.2, 0.25) is 0 Å². The van der Waals surface area contributed by atoms with Crippen LogP contribution < -0.4 is 0 Å². The van der Waals surface area contributed by atoms with Gasteiger partial charge in [-0.1, -0.05) is 12.1 Å². The molecular weight excluding hydrogens is 249 g/mol. The number of ether oxygens (including phenoxy) is 1. The fourth-order valence-electron chi connectivity index (χ4n) is 2.02. The molecule has 0 bridgehead atoms. The van der Waals surface area contributed by atoms with Crippen molar-refractivity contribution in [1.82, 2.24) is 4.90 Å². The zero-order chi connectivity index (χ0) is 13.7. The van der Waals surface area contributed by atoms with E-state index >= 15 is 0 Å². The number of nitrogens with zero attached hydrogens (tertiary/aromatic N) is 1. The topological polar surface area (TPSA) is 46.6 Å². The van der Waals surface area contributed by atoms with E-state index in [0.717, 1.165) is 25.9 Å². The van der Waals surface area contributed by atoms with Gasteiger partial charge in [-0.3, -0.25) is 9.59 Å².